The van der Waals surface area contributed by atoms with Crippen LogP contribution in [0.5, 0.6) is 0 Å². The van der Waals surface area contributed by atoms with Gasteiger partial charge in [-0.3, -0.25) is 0 Å². The van der Waals surface area contributed by atoms with E-state index < -0.39 is 0 Å². The van der Waals surface area contributed by atoms with Gasteiger partial charge in [-0.1, -0.05) is 13.8 Å². The first-order valence-electron chi connectivity index (χ1n) is 4.72. The molecule has 3 nitrogen and oxygen atoms in total. The molecule has 0 aromatic heterocycles. The summed E-state index contributed by atoms with van der Waals surface area (Å²) >= 11 is 0. The molecule has 0 amide bonds. The van der Waals surface area contributed by atoms with Crippen LogP contribution >= 0.6 is 0 Å². The summed E-state index contributed by atoms with van der Waals surface area (Å²) in [6.45, 7) is 5.21. The van der Waals surface area contributed by atoms with E-state index in [0.29, 0.717) is 6.04 Å². The largest absolute Gasteiger partial charge is 0.395 e. The van der Waals surface area contributed by atoms with E-state index in [4.69, 9.17) is 10.8 Å². The van der Waals surface area contributed by atoms with Crippen molar-refractivity contribution < 1.29 is 5.11 Å². The highest BCUT2D eigenvalue weighted by atomic mass is 16.3. The molecule has 1 unspecified atom stereocenters. The van der Waals surface area contributed by atoms with Gasteiger partial charge in [-0.2, -0.15) is 0 Å². The second kappa shape index (κ2) is 6.40. The van der Waals surface area contributed by atoms with E-state index in [-0.39, 0.29) is 12.6 Å². The maximum Gasteiger partial charge on any atom is 0.0595 e. The molecule has 0 aromatic rings. The van der Waals surface area contributed by atoms with Crippen molar-refractivity contribution >= 4 is 0 Å². The Bertz CT molecular complexity index is 105. The van der Waals surface area contributed by atoms with Gasteiger partial charge >= 0.3 is 0 Å². The summed E-state index contributed by atoms with van der Waals surface area (Å²) in [5.74, 6) is 0. The smallest absolute Gasteiger partial charge is 0.0595 e. The fourth-order valence-corrected chi connectivity index (χ4v) is 1.49. The van der Waals surface area contributed by atoms with Crippen molar-refractivity contribution in [2.75, 3.05) is 20.2 Å². The van der Waals surface area contributed by atoms with E-state index in [2.05, 4.69) is 25.8 Å². The quantitative estimate of drug-likeness (QED) is 0.614. The Morgan fingerprint density at radius 2 is 1.83 bits per heavy atom. The average molecular weight is 174 g/mol. The van der Waals surface area contributed by atoms with E-state index >= 15 is 0 Å². The second-order valence-corrected chi connectivity index (χ2v) is 3.35. The molecule has 1 atom stereocenters. The van der Waals surface area contributed by atoms with E-state index in [1.54, 1.807) is 0 Å². The summed E-state index contributed by atoms with van der Waals surface area (Å²) < 4.78 is 0. The van der Waals surface area contributed by atoms with Crippen molar-refractivity contribution in [2.45, 2.75) is 38.8 Å². The predicted octanol–water partition coefficient (Wildman–Crippen LogP) is 0.426. The summed E-state index contributed by atoms with van der Waals surface area (Å²) in [5.41, 5.74) is 5.63. The van der Waals surface area contributed by atoms with Crippen molar-refractivity contribution in [2.24, 2.45) is 5.73 Å². The molecule has 0 saturated carbocycles. The Morgan fingerprint density at radius 3 is 2.17 bits per heavy atom. The second-order valence-electron chi connectivity index (χ2n) is 3.35. The van der Waals surface area contributed by atoms with E-state index in [1.807, 2.05) is 0 Å². The SMILES string of the molecule is CCC(CC)N(C)CC(N)CO. The van der Waals surface area contributed by atoms with Crippen molar-refractivity contribution in [3.05, 3.63) is 0 Å². The predicted molar refractivity (Wildman–Crippen MR) is 52.1 cm³/mol. The molecule has 0 aliphatic carbocycles. The maximum atomic E-state index is 8.76. The van der Waals surface area contributed by atoms with Gasteiger partial charge in [0.1, 0.15) is 0 Å². The number of nitrogens with two attached hydrogens (primary N) is 1. The van der Waals surface area contributed by atoms with Gasteiger partial charge in [0.25, 0.3) is 0 Å². The summed E-state index contributed by atoms with van der Waals surface area (Å²) in [7, 11) is 2.06. The number of aliphatic hydroxyl groups excluding tert-OH is 1. The Balaban J connectivity index is 3.75. The molecular formula is C9H22N2O. The Labute approximate surface area is 75.6 Å². The zero-order valence-electron chi connectivity index (χ0n) is 8.45. The fraction of sp³-hybridized carbons (Fsp3) is 1.00. The Hall–Kier alpha value is -0.120. The first-order valence-corrected chi connectivity index (χ1v) is 4.72. The highest BCUT2D eigenvalue weighted by Gasteiger charge is 2.12. The minimum absolute atomic E-state index is 0.0739. The van der Waals surface area contributed by atoms with Crippen LogP contribution in [0.15, 0.2) is 0 Å². The number of likely N-dealkylation sites (N-methyl/N-ethyl adjacent to an activating group) is 1. The van der Waals surface area contributed by atoms with Gasteiger partial charge in [-0.15, -0.1) is 0 Å². The molecule has 0 fully saturated rings. The lowest BCUT2D eigenvalue weighted by Gasteiger charge is -2.27. The van der Waals surface area contributed by atoms with Crippen molar-refractivity contribution in [1.82, 2.24) is 4.90 Å². The van der Waals surface area contributed by atoms with Gasteiger partial charge < -0.3 is 15.7 Å². The minimum atomic E-state index is -0.101. The van der Waals surface area contributed by atoms with Crippen LogP contribution in [0.3, 0.4) is 0 Å². The standard InChI is InChI=1S/C9H22N2O/c1-4-9(5-2)11(3)6-8(10)7-12/h8-9,12H,4-7,10H2,1-3H3. The first-order chi connectivity index (χ1) is 5.65. The van der Waals surface area contributed by atoms with Crippen molar-refractivity contribution in [3.63, 3.8) is 0 Å². The van der Waals surface area contributed by atoms with Crippen molar-refractivity contribution in [1.29, 1.82) is 0 Å². The number of nitrogens with zero attached hydrogens (tertiary/aromatic N) is 1. The molecule has 0 saturated heterocycles. The fourth-order valence-electron chi connectivity index (χ4n) is 1.49. The third-order valence-corrected chi connectivity index (χ3v) is 2.32. The lowest BCUT2D eigenvalue weighted by molar-refractivity contribution is 0.180. The van der Waals surface area contributed by atoms with Crippen LogP contribution in [0, 0.1) is 0 Å². The summed E-state index contributed by atoms with van der Waals surface area (Å²) in [5, 5.41) is 8.76. The van der Waals surface area contributed by atoms with Crippen LogP contribution in [0.25, 0.3) is 0 Å². The third-order valence-electron chi connectivity index (χ3n) is 2.32. The Kier molecular flexibility index (Phi) is 6.34. The van der Waals surface area contributed by atoms with E-state index in [1.165, 1.54) is 0 Å². The molecular weight excluding hydrogens is 152 g/mol. The molecule has 0 aliphatic heterocycles. The highest BCUT2D eigenvalue weighted by Crippen LogP contribution is 2.05. The summed E-state index contributed by atoms with van der Waals surface area (Å²) in [4.78, 5) is 2.22. The number of hydrogen-bond acceptors (Lipinski definition) is 3. The van der Waals surface area contributed by atoms with Gasteiger partial charge in [0.15, 0.2) is 0 Å². The molecule has 74 valence electrons. The zero-order valence-corrected chi connectivity index (χ0v) is 8.45. The lowest BCUT2D eigenvalue weighted by atomic mass is 10.1. The average Bonchev–Trinajstić information content (AvgIpc) is 2.06. The van der Waals surface area contributed by atoms with E-state index in [9.17, 15) is 0 Å². The van der Waals surface area contributed by atoms with Gasteiger partial charge in [-0.25, -0.2) is 0 Å². The molecule has 3 N–H and O–H groups in total. The molecule has 0 spiro atoms. The topological polar surface area (TPSA) is 49.5 Å². The summed E-state index contributed by atoms with van der Waals surface area (Å²) in [6, 6.07) is 0.498. The van der Waals surface area contributed by atoms with Crippen LogP contribution in [-0.4, -0.2) is 42.3 Å². The number of aliphatic hydroxyl groups is 1. The highest BCUT2D eigenvalue weighted by molar-refractivity contribution is 4.70. The molecule has 0 aromatic carbocycles. The van der Waals surface area contributed by atoms with Crippen LogP contribution in [-0.2, 0) is 0 Å². The molecule has 0 heterocycles. The first kappa shape index (κ1) is 11.9. The number of rotatable bonds is 6. The molecule has 0 bridgehead atoms. The molecule has 12 heavy (non-hydrogen) atoms. The number of hydrogen-bond donors (Lipinski definition) is 2. The monoisotopic (exact) mass is 174 g/mol. The Morgan fingerprint density at radius 1 is 1.33 bits per heavy atom. The van der Waals surface area contributed by atoms with E-state index in [0.717, 1.165) is 19.4 Å². The molecule has 0 radical (unpaired) electrons. The maximum absolute atomic E-state index is 8.76. The van der Waals surface area contributed by atoms with Crippen LogP contribution < -0.4 is 5.73 Å². The van der Waals surface area contributed by atoms with Crippen LogP contribution in [0.4, 0.5) is 0 Å². The molecule has 3 heteroatoms. The van der Waals surface area contributed by atoms with Gasteiger partial charge in [0, 0.05) is 18.6 Å². The zero-order chi connectivity index (χ0) is 9.56. The van der Waals surface area contributed by atoms with Crippen molar-refractivity contribution in [3.8, 4) is 0 Å². The van der Waals surface area contributed by atoms with Crippen LogP contribution in [0.2, 0.25) is 0 Å². The normalized spacial score (nSPS) is 14.2. The van der Waals surface area contributed by atoms with Gasteiger partial charge in [0.05, 0.1) is 6.61 Å². The lowest BCUT2D eigenvalue weighted by Crippen LogP contribution is -2.42. The molecule has 0 rings (SSSR count). The molecule has 0 aliphatic rings. The third kappa shape index (κ3) is 4.04. The van der Waals surface area contributed by atoms with Crippen LogP contribution in [0.1, 0.15) is 26.7 Å². The van der Waals surface area contributed by atoms with Gasteiger partial charge in [0.2, 0.25) is 0 Å². The minimum Gasteiger partial charge on any atom is -0.395 e. The summed E-state index contributed by atoms with van der Waals surface area (Å²) in [6.07, 6.45) is 2.29. The van der Waals surface area contributed by atoms with Gasteiger partial charge in [-0.05, 0) is 19.9 Å².